The molecule has 8 heteroatoms. The van der Waals surface area contributed by atoms with Gasteiger partial charge in [0, 0.05) is 24.6 Å². The van der Waals surface area contributed by atoms with Crippen LogP contribution in [0.25, 0.3) is 0 Å². The van der Waals surface area contributed by atoms with Crippen LogP contribution in [0.15, 0.2) is 42.0 Å². The third-order valence-corrected chi connectivity index (χ3v) is 4.72. The van der Waals surface area contributed by atoms with E-state index in [2.05, 4.69) is 17.0 Å². The van der Waals surface area contributed by atoms with E-state index >= 15 is 0 Å². The molecular formula is C21H28N4O4. The van der Waals surface area contributed by atoms with Crippen molar-refractivity contribution in [2.75, 3.05) is 18.1 Å². The minimum Gasteiger partial charge on any atom is -0.464 e. The number of anilines is 1. The SMILES string of the molecule is C=CCC(NC(=O)CC1CCCN(c2ccc(C=NN)cc2)C1=O)C(=O)OCC. The number of hydrogen-bond donors (Lipinski definition) is 2. The van der Waals surface area contributed by atoms with Crippen LogP contribution in [-0.4, -0.2) is 43.2 Å². The van der Waals surface area contributed by atoms with Crippen LogP contribution in [0.1, 0.15) is 38.2 Å². The van der Waals surface area contributed by atoms with Crippen LogP contribution in [0.2, 0.25) is 0 Å². The van der Waals surface area contributed by atoms with Crippen molar-refractivity contribution in [3.05, 3.63) is 42.5 Å². The highest BCUT2D eigenvalue weighted by Crippen LogP contribution is 2.26. The molecule has 2 unspecified atom stereocenters. The van der Waals surface area contributed by atoms with Gasteiger partial charge >= 0.3 is 5.97 Å². The van der Waals surface area contributed by atoms with Crippen molar-refractivity contribution in [2.24, 2.45) is 16.9 Å². The number of rotatable bonds is 9. The van der Waals surface area contributed by atoms with Crippen LogP contribution in [0.5, 0.6) is 0 Å². The lowest BCUT2D eigenvalue weighted by molar-refractivity contribution is -0.147. The summed E-state index contributed by atoms with van der Waals surface area (Å²) in [6.45, 7) is 6.14. The fourth-order valence-corrected chi connectivity index (χ4v) is 3.32. The van der Waals surface area contributed by atoms with E-state index in [-0.39, 0.29) is 31.3 Å². The van der Waals surface area contributed by atoms with Crippen LogP contribution in [-0.2, 0) is 19.1 Å². The molecule has 2 atom stereocenters. The monoisotopic (exact) mass is 400 g/mol. The molecule has 8 nitrogen and oxygen atoms in total. The van der Waals surface area contributed by atoms with Crippen molar-refractivity contribution in [3.8, 4) is 0 Å². The Labute approximate surface area is 170 Å². The Morgan fingerprint density at radius 3 is 2.76 bits per heavy atom. The molecule has 1 saturated heterocycles. The van der Waals surface area contributed by atoms with Crippen LogP contribution in [0.3, 0.4) is 0 Å². The molecule has 0 aliphatic carbocycles. The second-order valence-electron chi connectivity index (χ2n) is 6.80. The first-order valence-corrected chi connectivity index (χ1v) is 9.71. The third kappa shape index (κ3) is 6.17. The Hall–Kier alpha value is -3.16. The summed E-state index contributed by atoms with van der Waals surface area (Å²) in [6.07, 6.45) is 4.80. The average Bonchev–Trinajstić information content (AvgIpc) is 2.70. The molecule has 1 fully saturated rings. The van der Waals surface area contributed by atoms with Crippen molar-refractivity contribution in [3.63, 3.8) is 0 Å². The van der Waals surface area contributed by atoms with Crippen LogP contribution >= 0.6 is 0 Å². The Bertz CT molecular complexity index is 760. The number of hydrazone groups is 1. The Kier molecular flexibility index (Phi) is 8.39. The average molecular weight is 400 g/mol. The second kappa shape index (κ2) is 11.0. The molecule has 0 aromatic heterocycles. The molecular weight excluding hydrogens is 372 g/mol. The third-order valence-electron chi connectivity index (χ3n) is 4.72. The maximum atomic E-state index is 12.9. The zero-order valence-corrected chi connectivity index (χ0v) is 16.7. The van der Waals surface area contributed by atoms with Gasteiger partial charge in [0.25, 0.3) is 0 Å². The van der Waals surface area contributed by atoms with Crippen molar-refractivity contribution < 1.29 is 19.1 Å². The highest BCUT2D eigenvalue weighted by molar-refractivity contribution is 5.98. The smallest absolute Gasteiger partial charge is 0.328 e. The number of hydrogen-bond acceptors (Lipinski definition) is 6. The summed E-state index contributed by atoms with van der Waals surface area (Å²) in [6, 6.07) is 6.53. The van der Waals surface area contributed by atoms with Crippen LogP contribution < -0.4 is 16.1 Å². The standard InChI is InChI=1S/C21H28N4O4/c1-3-6-18(21(28)29-4-2)24-19(26)13-16-7-5-12-25(20(16)27)17-10-8-15(9-11-17)14-23-22/h3,8-11,14,16,18H,1,4-7,12-13,22H2,2H3,(H,24,26). The predicted molar refractivity (Wildman–Crippen MR) is 111 cm³/mol. The fraction of sp³-hybridized carbons (Fsp3) is 0.429. The van der Waals surface area contributed by atoms with E-state index < -0.39 is 17.9 Å². The van der Waals surface area contributed by atoms with Gasteiger partial charge in [-0.1, -0.05) is 18.2 Å². The molecule has 0 saturated carbocycles. The van der Waals surface area contributed by atoms with E-state index in [1.54, 1.807) is 17.9 Å². The zero-order valence-electron chi connectivity index (χ0n) is 16.7. The van der Waals surface area contributed by atoms with Crippen molar-refractivity contribution in [1.29, 1.82) is 0 Å². The molecule has 1 aromatic rings. The number of esters is 1. The molecule has 156 valence electrons. The molecule has 1 heterocycles. The van der Waals surface area contributed by atoms with Crippen molar-refractivity contribution in [2.45, 2.75) is 38.6 Å². The summed E-state index contributed by atoms with van der Waals surface area (Å²) >= 11 is 0. The van der Waals surface area contributed by atoms with Gasteiger partial charge in [-0.15, -0.1) is 6.58 Å². The van der Waals surface area contributed by atoms with Gasteiger partial charge in [-0.3, -0.25) is 9.59 Å². The van der Waals surface area contributed by atoms with Gasteiger partial charge in [-0.05, 0) is 43.9 Å². The Morgan fingerprint density at radius 1 is 1.41 bits per heavy atom. The molecule has 29 heavy (non-hydrogen) atoms. The highest BCUT2D eigenvalue weighted by atomic mass is 16.5. The van der Waals surface area contributed by atoms with Gasteiger partial charge in [0.15, 0.2) is 0 Å². The maximum absolute atomic E-state index is 12.9. The Balaban J connectivity index is 2.01. The van der Waals surface area contributed by atoms with Gasteiger partial charge in [0.2, 0.25) is 11.8 Å². The lowest BCUT2D eigenvalue weighted by Crippen LogP contribution is -2.46. The number of nitrogens with two attached hydrogens (primary N) is 1. The summed E-state index contributed by atoms with van der Waals surface area (Å²) in [5.74, 6) is 3.78. The molecule has 0 bridgehead atoms. The number of nitrogens with zero attached hydrogens (tertiary/aromatic N) is 2. The number of benzene rings is 1. The molecule has 3 N–H and O–H groups in total. The van der Waals surface area contributed by atoms with Crippen LogP contribution in [0, 0.1) is 5.92 Å². The van der Waals surface area contributed by atoms with Gasteiger partial charge in [-0.2, -0.15) is 5.10 Å². The lowest BCUT2D eigenvalue weighted by Gasteiger charge is -2.32. The first kappa shape index (κ1) is 22.1. The topological polar surface area (TPSA) is 114 Å². The Morgan fingerprint density at radius 2 is 2.14 bits per heavy atom. The van der Waals surface area contributed by atoms with E-state index in [9.17, 15) is 14.4 Å². The summed E-state index contributed by atoms with van der Waals surface area (Å²) in [4.78, 5) is 39.0. The highest BCUT2D eigenvalue weighted by Gasteiger charge is 2.32. The summed E-state index contributed by atoms with van der Waals surface area (Å²) < 4.78 is 4.98. The van der Waals surface area contributed by atoms with Crippen molar-refractivity contribution >= 4 is 29.7 Å². The predicted octanol–water partition coefficient (Wildman–Crippen LogP) is 1.74. The second-order valence-corrected chi connectivity index (χ2v) is 6.80. The van der Waals surface area contributed by atoms with E-state index in [0.29, 0.717) is 13.0 Å². The molecule has 1 aliphatic heterocycles. The minimum atomic E-state index is -0.786. The maximum Gasteiger partial charge on any atom is 0.328 e. The normalized spacial score (nSPS) is 17.8. The van der Waals surface area contributed by atoms with E-state index in [0.717, 1.165) is 17.7 Å². The van der Waals surface area contributed by atoms with Gasteiger partial charge in [-0.25, -0.2) is 4.79 Å². The number of carbonyl (C=O) groups excluding carboxylic acids is 3. The minimum absolute atomic E-state index is 0.0281. The molecule has 0 spiro atoms. The number of piperidine rings is 1. The molecule has 1 aliphatic rings. The first-order valence-electron chi connectivity index (χ1n) is 9.71. The fourth-order valence-electron chi connectivity index (χ4n) is 3.32. The number of ether oxygens (including phenoxy) is 1. The summed E-state index contributed by atoms with van der Waals surface area (Å²) in [7, 11) is 0. The summed E-state index contributed by atoms with van der Waals surface area (Å²) in [5.41, 5.74) is 1.61. The summed E-state index contributed by atoms with van der Waals surface area (Å²) in [5, 5.41) is 6.14. The van der Waals surface area contributed by atoms with Crippen LogP contribution in [0.4, 0.5) is 5.69 Å². The quantitative estimate of drug-likeness (QED) is 0.215. The van der Waals surface area contributed by atoms with Gasteiger partial charge in [0.1, 0.15) is 6.04 Å². The largest absolute Gasteiger partial charge is 0.464 e. The molecule has 2 amide bonds. The first-order chi connectivity index (χ1) is 14.0. The van der Waals surface area contributed by atoms with Crippen molar-refractivity contribution in [1.82, 2.24) is 5.32 Å². The molecule has 2 rings (SSSR count). The molecule has 1 aromatic carbocycles. The number of nitrogens with one attached hydrogen (secondary N) is 1. The zero-order chi connectivity index (χ0) is 21.2. The molecule has 0 radical (unpaired) electrons. The van der Waals surface area contributed by atoms with E-state index in [1.807, 2.05) is 24.3 Å². The number of carbonyl (C=O) groups is 3. The van der Waals surface area contributed by atoms with Gasteiger partial charge < -0.3 is 20.8 Å². The van der Waals surface area contributed by atoms with Gasteiger partial charge in [0.05, 0.1) is 12.8 Å². The van der Waals surface area contributed by atoms with E-state index in [4.69, 9.17) is 10.6 Å². The number of amides is 2. The van der Waals surface area contributed by atoms with E-state index in [1.165, 1.54) is 6.21 Å². The lowest BCUT2D eigenvalue weighted by atomic mass is 9.92.